The predicted molar refractivity (Wildman–Crippen MR) is 53.4 cm³/mol. The largest absolute Gasteiger partial charge is 0.356 e. The molecule has 0 heterocycles. The van der Waals surface area contributed by atoms with Gasteiger partial charge in [0.2, 0.25) is 0 Å². The lowest BCUT2D eigenvalue weighted by Gasteiger charge is -1.93. The zero-order chi connectivity index (χ0) is 7.98. The van der Waals surface area contributed by atoms with Gasteiger partial charge in [0.1, 0.15) is 0 Å². The Morgan fingerprint density at radius 1 is 1.50 bits per heavy atom. The number of hydrogen-bond acceptors (Lipinski definition) is 2. The van der Waals surface area contributed by atoms with Crippen LogP contribution in [0.1, 0.15) is 20.3 Å². The summed E-state index contributed by atoms with van der Waals surface area (Å²) < 4.78 is 0. The van der Waals surface area contributed by atoms with Crippen LogP contribution in [-0.4, -0.2) is 9.85 Å². The van der Waals surface area contributed by atoms with E-state index >= 15 is 0 Å². The van der Waals surface area contributed by atoms with E-state index in [1.54, 1.807) is 6.20 Å². The zero-order valence-electron chi connectivity index (χ0n) is 6.18. The minimum absolute atomic E-state index is 0.759. The number of nitrogens with one attached hydrogen (secondary N) is 1. The van der Waals surface area contributed by atoms with Gasteiger partial charge in [-0.15, -0.1) is 0 Å². The van der Waals surface area contributed by atoms with Gasteiger partial charge in [-0.1, -0.05) is 31.4 Å². The summed E-state index contributed by atoms with van der Waals surface area (Å²) in [5.41, 5.74) is 0. The molecule has 0 aliphatic carbocycles. The van der Waals surface area contributed by atoms with Gasteiger partial charge in [0.05, 0.1) is 4.99 Å². The van der Waals surface area contributed by atoms with Crippen molar-refractivity contribution in [3.05, 3.63) is 12.3 Å². The molecule has 1 N–H and O–H groups in total. The fourth-order valence-corrected chi connectivity index (χ4v) is 0.506. The highest BCUT2D eigenvalue weighted by molar-refractivity contribution is 7.80. The molecule has 0 bridgehead atoms. The van der Waals surface area contributed by atoms with Gasteiger partial charge in [0, 0.05) is 11.1 Å². The Morgan fingerprint density at radius 2 is 2.10 bits per heavy atom. The fourth-order valence-electron chi connectivity index (χ4n) is 0.370. The maximum atomic E-state index is 4.94. The summed E-state index contributed by atoms with van der Waals surface area (Å²) in [6, 6.07) is 0. The van der Waals surface area contributed by atoms with Crippen molar-refractivity contribution in [2.24, 2.45) is 0 Å². The highest BCUT2D eigenvalue weighted by Gasteiger charge is 1.82. The maximum Gasteiger partial charge on any atom is 0.0761 e. The molecule has 0 aromatic heterocycles. The molecule has 0 spiro atoms. The van der Waals surface area contributed by atoms with E-state index in [1.807, 2.05) is 19.9 Å². The van der Waals surface area contributed by atoms with E-state index in [9.17, 15) is 0 Å². The van der Waals surface area contributed by atoms with Gasteiger partial charge in [-0.05, 0) is 19.4 Å². The minimum Gasteiger partial charge on any atom is -0.356 e. The summed E-state index contributed by atoms with van der Waals surface area (Å²) in [7, 11) is 0. The van der Waals surface area contributed by atoms with Crippen molar-refractivity contribution >= 4 is 34.3 Å². The maximum absolute atomic E-state index is 4.94. The van der Waals surface area contributed by atoms with Crippen molar-refractivity contribution in [2.45, 2.75) is 20.3 Å². The van der Waals surface area contributed by atoms with Crippen molar-refractivity contribution in [1.29, 1.82) is 0 Å². The lowest BCUT2D eigenvalue weighted by molar-refractivity contribution is 1.28. The number of allylic oxidation sites excluding steroid dienone is 1. The second-order valence-electron chi connectivity index (χ2n) is 1.85. The van der Waals surface area contributed by atoms with Gasteiger partial charge in [0.25, 0.3) is 0 Å². The Bertz CT molecular complexity index is 161. The van der Waals surface area contributed by atoms with E-state index in [4.69, 9.17) is 24.4 Å². The third-order valence-corrected chi connectivity index (χ3v) is 1.45. The molecule has 0 aromatic rings. The molecule has 0 radical (unpaired) electrons. The smallest absolute Gasteiger partial charge is 0.0761 e. The molecule has 0 aliphatic rings. The van der Waals surface area contributed by atoms with Crippen LogP contribution >= 0.6 is 24.4 Å². The quantitative estimate of drug-likeness (QED) is 0.519. The molecule has 0 aromatic carbocycles. The summed E-state index contributed by atoms with van der Waals surface area (Å²) in [4.78, 5) is 1.69. The molecule has 0 atom stereocenters. The van der Waals surface area contributed by atoms with Crippen LogP contribution in [0.15, 0.2) is 12.3 Å². The number of hydrogen-bond donors (Lipinski definition) is 1. The molecule has 0 fully saturated rings. The van der Waals surface area contributed by atoms with Crippen LogP contribution in [-0.2, 0) is 0 Å². The van der Waals surface area contributed by atoms with Crippen LogP contribution in [0.5, 0.6) is 0 Å². The molecule has 1 nitrogen and oxygen atoms in total. The van der Waals surface area contributed by atoms with E-state index in [2.05, 4.69) is 5.32 Å². The Labute approximate surface area is 72.5 Å². The van der Waals surface area contributed by atoms with E-state index in [-0.39, 0.29) is 0 Å². The lowest BCUT2D eigenvalue weighted by Crippen LogP contribution is -2.09. The normalized spacial score (nSPS) is 9.80. The van der Waals surface area contributed by atoms with Gasteiger partial charge in [-0.2, -0.15) is 0 Å². The second kappa shape index (κ2) is 5.50. The zero-order valence-corrected chi connectivity index (χ0v) is 7.81. The Kier molecular flexibility index (Phi) is 5.35. The molecule has 0 saturated heterocycles. The van der Waals surface area contributed by atoms with Crippen molar-refractivity contribution < 1.29 is 0 Å². The van der Waals surface area contributed by atoms with E-state index < -0.39 is 0 Å². The molecule has 0 saturated carbocycles. The molecular formula is C7H11NS2. The molecule has 56 valence electrons. The second-order valence-corrected chi connectivity index (χ2v) is 2.99. The first-order valence-corrected chi connectivity index (χ1v) is 3.95. The third kappa shape index (κ3) is 5.85. The fraction of sp³-hybridized carbons (Fsp3) is 0.429. The first-order valence-electron chi connectivity index (χ1n) is 3.13. The molecule has 0 unspecified atom stereocenters. The minimum atomic E-state index is 0.759. The predicted octanol–water partition coefficient (Wildman–Crippen LogP) is 2.22. The van der Waals surface area contributed by atoms with E-state index in [0.717, 1.165) is 16.3 Å². The highest BCUT2D eigenvalue weighted by Crippen LogP contribution is 1.85. The van der Waals surface area contributed by atoms with Crippen molar-refractivity contribution in [1.82, 2.24) is 5.32 Å². The SMILES string of the molecule is CCC(=S)/C=C\NC(C)=S. The first-order chi connectivity index (χ1) is 4.66. The highest BCUT2D eigenvalue weighted by atomic mass is 32.1. The molecule has 10 heavy (non-hydrogen) atoms. The lowest BCUT2D eigenvalue weighted by atomic mass is 10.3. The Morgan fingerprint density at radius 3 is 2.50 bits per heavy atom. The molecule has 0 aliphatic heterocycles. The van der Waals surface area contributed by atoms with Gasteiger partial charge in [-0.25, -0.2) is 0 Å². The van der Waals surface area contributed by atoms with Crippen molar-refractivity contribution in [2.75, 3.05) is 0 Å². The summed E-state index contributed by atoms with van der Waals surface area (Å²) in [6.07, 6.45) is 4.53. The van der Waals surface area contributed by atoms with Crippen LogP contribution in [0.2, 0.25) is 0 Å². The topological polar surface area (TPSA) is 12.0 Å². The average molecular weight is 173 g/mol. The van der Waals surface area contributed by atoms with Gasteiger partial charge in [0.15, 0.2) is 0 Å². The van der Waals surface area contributed by atoms with Crippen LogP contribution in [0.3, 0.4) is 0 Å². The van der Waals surface area contributed by atoms with E-state index in [1.165, 1.54) is 0 Å². The van der Waals surface area contributed by atoms with Gasteiger partial charge >= 0.3 is 0 Å². The molecule has 0 amide bonds. The third-order valence-electron chi connectivity index (χ3n) is 0.904. The first kappa shape index (κ1) is 9.72. The Balaban J connectivity index is 3.56. The van der Waals surface area contributed by atoms with Crippen LogP contribution in [0.25, 0.3) is 0 Å². The average Bonchev–Trinajstić information content (AvgIpc) is 1.87. The summed E-state index contributed by atoms with van der Waals surface area (Å²) >= 11 is 9.72. The number of rotatable bonds is 3. The van der Waals surface area contributed by atoms with Crippen LogP contribution < -0.4 is 5.32 Å². The van der Waals surface area contributed by atoms with Gasteiger partial charge < -0.3 is 5.32 Å². The Hall–Kier alpha value is -0.280. The van der Waals surface area contributed by atoms with Gasteiger partial charge in [-0.3, -0.25) is 0 Å². The summed E-state index contributed by atoms with van der Waals surface area (Å²) in [6.45, 7) is 3.85. The molecule has 0 rings (SSSR count). The van der Waals surface area contributed by atoms with Crippen molar-refractivity contribution in [3.63, 3.8) is 0 Å². The van der Waals surface area contributed by atoms with Crippen LogP contribution in [0, 0.1) is 0 Å². The summed E-state index contributed by atoms with van der Waals surface area (Å²) in [5, 5.41) is 2.87. The summed E-state index contributed by atoms with van der Waals surface area (Å²) in [5.74, 6) is 0. The van der Waals surface area contributed by atoms with Crippen LogP contribution in [0.4, 0.5) is 0 Å². The molecule has 3 heteroatoms. The van der Waals surface area contributed by atoms with E-state index in [0.29, 0.717) is 0 Å². The number of thiocarbonyl (C=S) groups is 2. The van der Waals surface area contributed by atoms with Crippen molar-refractivity contribution in [3.8, 4) is 0 Å². The monoisotopic (exact) mass is 173 g/mol. The molecular weight excluding hydrogens is 162 g/mol. The standard InChI is InChI=1S/C7H11NS2/c1-3-7(10)4-5-8-6(2)9/h4-5H,3H2,1-2H3,(H,8,9)/b5-4-.